The van der Waals surface area contributed by atoms with E-state index in [-0.39, 0.29) is 0 Å². The molecule has 0 aromatic rings. The standard InChI is InChI=1S/C12H25NO/c1-5-7-11-9-12(14-6-2)8-10(3)13(11)4/h10-12H,5-9H2,1-4H3. The van der Waals surface area contributed by atoms with Crippen molar-refractivity contribution in [1.82, 2.24) is 4.90 Å². The molecular weight excluding hydrogens is 174 g/mol. The molecule has 0 aliphatic carbocycles. The zero-order valence-corrected chi connectivity index (χ0v) is 10.1. The normalized spacial score (nSPS) is 34.7. The number of rotatable bonds is 4. The fraction of sp³-hybridized carbons (Fsp3) is 1.00. The minimum atomic E-state index is 0.503. The van der Waals surface area contributed by atoms with Crippen LogP contribution in [-0.4, -0.2) is 36.7 Å². The van der Waals surface area contributed by atoms with Crippen molar-refractivity contribution >= 4 is 0 Å². The molecule has 14 heavy (non-hydrogen) atoms. The lowest BCUT2D eigenvalue weighted by molar-refractivity contribution is -0.0261. The van der Waals surface area contributed by atoms with E-state index < -0.39 is 0 Å². The zero-order valence-electron chi connectivity index (χ0n) is 10.1. The third-order valence-electron chi connectivity index (χ3n) is 3.43. The summed E-state index contributed by atoms with van der Waals surface area (Å²) in [6.07, 6.45) is 5.51. The highest BCUT2D eigenvalue weighted by Gasteiger charge is 2.30. The molecule has 0 radical (unpaired) electrons. The number of piperidine rings is 1. The van der Waals surface area contributed by atoms with E-state index in [1.807, 2.05) is 0 Å². The molecule has 0 bridgehead atoms. The zero-order chi connectivity index (χ0) is 10.6. The summed E-state index contributed by atoms with van der Waals surface area (Å²) in [5, 5.41) is 0. The predicted molar refractivity (Wildman–Crippen MR) is 60.6 cm³/mol. The molecule has 0 saturated carbocycles. The maximum absolute atomic E-state index is 5.75. The molecule has 1 fully saturated rings. The Morgan fingerprint density at radius 1 is 1.29 bits per heavy atom. The van der Waals surface area contributed by atoms with Gasteiger partial charge in [-0.15, -0.1) is 0 Å². The number of hydrogen-bond acceptors (Lipinski definition) is 2. The Balaban J connectivity index is 2.47. The van der Waals surface area contributed by atoms with Crippen LogP contribution in [0.15, 0.2) is 0 Å². The monoisotopic (exact) mass is 199 g/mol. The van der Waals surface area contributed by atoms with E-state index in [0.717, 1.165) is 12.6 Å². The summed E-state index contributed by atoms with van der Waals surface area (Å²) in [5.41, 5.74) is 0. The van der Waals surface area contributed by atoms with Crippen LogP contribution in [0.2, 0.25) is 0 Å². The average molecular weight is 199 g/mol. The third kappa shape index (κ3) is 2.96. The van der Waals surface area contributed by atoms with E-state index in [1.165, 1.54) is 25.7 Å². The lowest BCUT2D eigenvalue weighted by Crippen LogP contribution is -2.47. The Morgan fingerprint density at radius 3 is 2.57 bits per heavy atom. The smallest absolute Gasteiger partial charge is 0.0604 e. The van der Waals surface area contributed by atoms with Crippen LogP contribution in [0.5, 0.6) is 0 Å². The van der Waals surface area contributed by atoms with Crippen molar-refractivity contribution in [2.45, 2.75) is 64.6 Å². The average Bonchev–Trinajstić information content (AvgIpc) is 2.14. The Hall–Kier alpha value is -0.0800. The Bertz CT molecular complexity index is 160. The number of hydrogen-bond donors (Lipinski definition) is 0. The van der Waals surface area contributed by atoms with Crippen LogP contribution in [0.3, 0.4) is 0 Å². The van der Waals surface area contributed by atoms with Crippen molar-refractivity contribution in [2.75, 3.05) is 13.7 Å². The van der Waals surface area contributed by atoms with Crippen molar-refractivity contribution in [3.8, 4) is 0 Å². The van der Waals surface area contributed by atoms with E-state index in [2.05, 4.69) is 32.7 Å². The van der Waals surface area contributed by atoms with Gasteiger partial charge in [-0.25, -0.2) is 0 Å². The van der Waals surface area contributed by atoms with E-state index >= 15 is 0 Å². The highest BCUT2D eigenvalue weighted by Crippen LogP contribution is 2.26. The maximum Gasteiger partial charge on any atom is 0.0604 e. The van der Waals surface area contributed by atoms with Gasteiger partial charge in [0, 0.05) is 18.7 Å². The van der Waals surface area contributed by atoms with Crippen LogP contribution in [0.4, 0.5) is 0 Å². The van der Waals surface area contributed by atoms with E-state index in [4.69, 9.17) is 4.74 Å². The van der Waals surface area contributed by atoms with Crippen LogP contribution in [0, 0.1) is 0 Å². The summed E-state index contributed by atoms with van der Waals surface area (Å²) >= 11 is 0. The Labute approximate surface area is 88.6 Å². The molecule has 2 heteroatoms. The number of nitrogens with zero attached hydrogens (tertiary/aromatic N) is 1. The summed E-state index contributed by atoms with van der Waals surface area (Å²) in [6.45, 7) is 7.54. The van der Waals surface area contributed by atoms with Crippen LogP contribution in [0.1, 0.15) is 46.5 Å². The predicted octanol–water partition coefficient (Wildman–Crippen LogP) is 2.67. The molecule has 1 aliphatic heterocycles. The fourth-order valence-corrected chi connectivity index (χ4v) is 2.50. The van der Waals surface area contributed by atoms with Gasteiger partial charge in [-0.05, 0) is 40.2 Å². The molecule has 0 aromatic heterocycles. The van der Waals surface area contributed by atoms with Gasteiger partial charge >= 0.3 is 0 Å². The highest BCUT2D eigenvalue weighted by atomic mass is 16.5. The first-order valence-electron chi connectivity index (χ1n) is 6.02. The fourth-order valence-electron chi connectivity index (χ4n) is 2.50. The topological polar surface area (TPSA) is 12.5 Å². The Morgan fingerprint density at radius 2 is 2.00 bits per heavy atom. The largest absolute Gasteiger partial charge is 0.378 e. The summed E-state index contributed by atoms with van der Waals surface area (Å²) in [6, 6.07) is 1.41. The first-order chi connectivity index (χ1) is 6.69. The van der Waals surface area contributed by atoms with Crippen molar-refractivity contribution < 1.29 is 4.74 Å². The Kier molecular flexibility index (Phi) is 4.90. The molecule has 1 saturated heterocycles. The van der Waals surface area contributed by atoms with Gasteiger partial charge in [0.05, 0.1) is 6.10 Å². The van der Waals surface area contributed by atoms with Gasteiger partial charge in [0.2, 0.25) is 0 Å². The van der Waals surface area contributed by atoms with Gasteiger partial charge in [-0.3, -0.25) is 0 Å². The van der Waals surface area contributed by atoms with E-state index in [0.29, 0.717) is 12.1 Å². The van der Waals surface area contributed by atoms with Gasteiger partial charge in [-0.2, -0.15) is 0 Å². The van der Waals surface area contributed by atoms with Crippen molar-refractivity contribution in [3.05, 3.63) is 0 Å². The summed E-state index contributed by atoms with van der Waals surface area (Å²) < 4.78 is 5.75. The highest BCUT2D eigenvalue weighted by molar-refractivity contribution is 4.85. The number of likely N-dealkylation sites (tertiary alicyclic amines) is 1. The third-order valence-corrected chi connectivity index (χ3v) is 3.43. The minimum Gasteiger partial charge on any atom is -0.378 e. The summed E-state index contributed by atoms with van der Waals surface area (Å²) in [5.74, 6) is 0. The van der Waals surface area contributed by atoms with Crippen LogP contribution in [0.25, 0.3) is 0 Å². The van der Waals surface area contributed by atoms with Gasteiger partial charge in [0.25, 0.3) is 0 Å². The van der Waals surface area contributed by atoms with E-state index in [1.54, 1.807) is 0 Å². The summed E-state index contributed by atoms with van der Waals surface area (Å²) in [4.78, 5) is 2.53. The molecule has 0 N–H and O–H groups in total. The van der Waals surface area contributed by atoms with Crippen LogP contribution in [-0.2, 0) is 4.74 Å². The molecule has 1 heterocycles. The van der Waals surface area contributed by atoms with Crippen LogP contribution >= 0.6 is 0 Å². The quantitative estimate of drug-likeness (QED) is 0.690. The van der Waals surface area contributed by atoms with E-state index in [9.17, 15) is 0 Å². The maximum atomic E-state index is 5.75. The van der Waals surface area contributed by atoms with Crippen molar-refractivity contribution in [2.24, 2.45) is 0 Å². The molecule has 84 valence electrons. The van der Waals surface area contributed by atoms with Crippen molar-refractivity contribution in [1.29, 1.82) is 0 Å². The molecule has 0 spiro atoms. The van der Waals surface area contributed by atoms with Gasteiger partial charge < -0.3 is 9.64 Å². The first kappa shape index (κ1) is 12.0. The molecule has 3 unspecified atom stereocenters. The van der Waals surface area contributed by atoms with Gasteiger partial charge in [0.15, 0.2) is 0 Å². The van der Waals surface area contributed by atoms with Gasteiger partial charge in [0.1, 0.15) is 0 Å². The second-order valence-electron chi connectivity index (χ2n) is 4.51. The molecule has 2 nitrogen and oxygen atoms in total. The molecule has 0 amide bonds. The molecule has 3 atom stereocenters. The van der Waals surface area contributed by atoms with Crippen LogP contribution < -0.4 is 0 Å². The molecular formula is C12H25NO. The SMILES string of the molecule is CCCC1CC(OCC)CC(C)N1C. The van der Waals surface area contributed by atoms with Gasteiger partial charge in [-0.1, -0.05) is 13.3 Å². The summed E-state index contributed by atoms with van der Waals surface area (Å²) in [7, 11) is 2.26. The lowest BCUT2D eigenvalue weighted by Gasteiger charge is -2.41. The van der Waals surface area contributed by atoms with Crippen molar-refractivity contribution in [3.63, 3.8) is 0 Å². The molecule has 1 aliphatic rings. The second kappa shape index (κ2) is 5.72. The second-order valence-corrected chi connectivity index (χ2v) is 4.51. The first-order valence-corrected chi connectivity index (χ1v) is 6.02. The molecule has 0 aromatic carbocycles. The number of ether oxygens (including phenoxy) is 1. The minimum absolute atomic E-state index is 0.503. The molecule has 1 rings (SSSR count). The lowest BCUT2D eigenvalue weighted by atomic mass is 9.92.